The first-order valence-electron chi connectivity index (χ1n) is 10.7. The average Bonchev–Trinajstić information content (AvgIpc) is 3.18. The summed E-state index contributed by atoms with van der Waals surface area (Å²) in [6, 6.07) is 19.8. The first-order chi connectivity index (χ1) is 16.3. The number of methoxy groups -OCH3 is 2. The Kier molecular flexibility index (Phi) is 7.97. The van der Waals surface area contributed by atoms with Crippen molar-refractivity contribution in [3.63, 3.8) is 0 Å². The van der Waals surface area contributed by atoms with Crippen LogP contribution in [0, 0.1) is 6.92 Å². The van der Waals surface area contributed by atoms with Crippen LogP contribution in [0.15, 0.2) is 66.7 Å². The van der Waals surface area contributed by atoms with Crippen molar-refractivity contribution in [2.45, 2.75) is 20.3 Å². The van der Waals surface area contributed by atoms with Crippen LogP contribution >= 0.6 is 11.6 Å². The second-order valence-electron chi connectivity index (χ2n) is 7.49. The maximum absolute atomic E-state index is 12.8. The molecule has 0 amide bonds. The summed E-state index contributed by atoms with van der Waals surface area (Å²) in [5.74, 6) is 0.160. The van der Waals surface area contributed by atoms with E-state index in [-0.39, 0.29) is 11.5 Å². The average molecular weight is 480 g/mol. The van der Waals surface area contributed by atoms with E-state index < -0.39 is 5.97 Å². The van der Waals surface area contributed by atoms with E-state index in [9.17, 15) is 9.59 Å². The number of carboxylic acids is 1. The Bertz CT molecular complexity index is 1340. The number of carboxylic acid groups (broad SMARTS) is 1. The van der Waals surface area contributed by atoms with Crippen molar-refractivity contribution in [2.24, 2.45) is 0 Å². The van der Waals surface area contributed by atoms with Crippen molar-refractivity contribution < 1.29 is 24.2 Å². The van der Waals surface area contributed by atoms with Gasteiger partial charge < -0.3 is 14.6 Å². The van der Waals surface area contributed by atoms with Gasteiger partial charge in [0.2, 0.25) is 0 Å². The van der Waals surface area contributed by atoms with Crippen LogP contribution in [0.5, 0.6) is 11.5 Å². The van der Waals surface area contributed by atoms with Gasteiger partial charge in [0.05, 0.1) is 30.3 Å². The van der Waals surface area contributed by atoms with Crippen LogP contribution in [0.25, 0.3) is 10.9 Å². The summed E-state index contributed by atoms with van der Waals surface area (Å²) in [6.07, 6.45) is 0.768. The predicted octanol–water partition coefficient (Wildman–Crippen LogP) is 6.26. The second-order valence-corrected chi connectivity index (χ2v) is 7.89. The van der Waals surface area contributed by atoms with Crippen LogP contribution in [0.1, 0.15) is 38.9 Å². The van der Waals surface area contributed by atoms with Crippen LogP contribution in [-0.4, -0.2) is 35.8 Å². The molecule has 3 aromatic carbocycles. The Hall–Kier alpha value is -3.77. The lowest BCUT2D eigenvalue weighted by atomic mass is 10.1. The number of carbonyl (C=O) groups excluding carboxylic acids is 1. The normalized spacial score (nSPS) is 10.4. The molecule has 0 bridgehead atoms. The van der Waals surface area contributed by atoms with E-state index in [1.807, 2.05) is 56.3 Å². The van der Waals surface area contributed by atoms with Gasteiger partial charge in [-0.3, -0.25) is 9.36 Å². The number of carbonyl (C=O) groups is 2. The number of para-hydroxylation sites is 1. The van der Waals surface area contributed by atoms with Crippen molar-refractivity contribution >= 4 is 34.4 Å². The summed E-state index contributed by atoms with van der Waals surface area (Å²) >= 11 is 6.13. The third-order valence-electron chi connectivity index (χ3n) is 5.41. The molecule has 0 saturated carbocycles. The fraction of sp³-hybridized carbons (Fsp3) is 0.185. The molecule has 34 heavy (non-hydrogen) atoms. The smallest absolute Gasteiger partial charge is 0.339 e. The summed E-state index contributed by atoms with van der Waals surface area (Å²) in [4.78, 5) is 23.5. The highest BCUT2D eigenvalue weighted by atomic mass is 35.5. The van der Waals surface area contributed by atoms with Crippen molar-refractivity contribution in [3.05, 3.63) is 94.1 Å². The number of aromatic carboxylic acids is 1. The molecule has 0 atom stereocenters. The summed E-state index contributed by atoms with van der Waals surface area (Å²) in [6.45, 7) is 3.87. The van der Waals surface area contributed by atoms with Gasteiger partial charge >= 0.3 is 5.97 Å². The molecule has 1 aromatic heterocycles. The maximum Gasteiger partial charge on any atom is 0.339 e. The number of ether oxygens (including phenoxy) is 2. The molecule has 0 aliphatic heterocycles. The van der Waals surface area contributed by atoms with Gasteiger partial charge in [-0.2, -0.15) is 0 Å². The highest BCUT2D eigenvalue weighted by Gasteiger charge is 2.17. The molecule has 176 valence electrons. The third-order valence-corrected chi connectivity index (χ3v) is 5.74. The lowest BCUT2D eigenvalue weighted by Crippen LogP contribution is -2.13. The van der Waals surface area contributed by atoms with Gasteiger partial charge in [0.15, 0.2) is 0 Å². The predicted molar refractivity (Wildman–Crippen MR) is 134 cm³/mol. The molecule has 6 nitrogen and oxygen atoms in total. The van der Waals surface area contributed by atoms with Gasteiger partial charge in [0.1, 0.15) is 17.1 Å². The number of halogens is 1. The number of aromatic nitrogens is 1. The lowest BCUT2D eigenvalue weighted by Gasteiger charge is -2.08. The van der Waals surface area contributed by atoms with Crippen molar-refractivity contribution in [1.82, 2.24) is 4.57 Å². The van der Waals surface area contributed by atoms with Gasteiger partial charge in [-0.05, 0) is 61.4 Å². The molecule has 1 heterocycles. The van der Waals surface area contributed by atoms with E-state index in [1.54, 1.807) is 35.9 Å². The Balaban J connectivity index is 0.000000215. The number of aryl methyl sites for hydroxylation is 2. The van der Waals surface area contributed by atoms with Crippen molar-refractivity contribution in [3.8, 4) is 11.5 Å². The minimum Gasteiger partial charge on any atom is -0.497 e. The topological polar surface area (TPSA) is 77.8 Å². The number of benzene rings is 3. The first-order valence-corrected chi connectivity index (χ1v) is 11.0. The van der Waals surface area contributed by atoms with Crippen LogP contribution < -0.4 is 9.47 Å². The Morgan fingerprint density at radius 1 is 0.941 bits per heavy atom. The Morgan fingerprint density at radius 2 is 1.65 bits per heavy atom. The number of hydrogen-bond acceptors (Lipinski definition) is 4. The fourth-order valence-electron chi connectivity index (χ4n) is 3.76. The molecular formula is C27H26ClNO5. The highest BCUT2D eigenvalue weighted by Crippen LogP contribution is 2.27. The standard InChI is InChI=1S/C17H14ClNO2.C10H12O3/c1-11-9-12-10-13(21-2)7-8-16(12)19(11)17(20)14-5-3-4-6-15(14)18;1-3-7-5-4-6-8(10(11)12)9(7)13-2/h3-10H,1-2H3;4-6H,3H2,1-2H3,(H,11,12). The molecule has 4 rings (SSSR count). The van der Waals surface area contributed by atoms with Gasteiger partial charge in [-0.25, -0.2) is 4.79 Å². The van der Waals surface area contributed by atoms with E-state index in [2.05, 4.69) is 0 Å². The van der Waals surface area contributed by atoms with Crippen LogP contribution in [0.3, 0.4) is 0 Å². The molecule has 4 aromatic rings. The van der Waals surface area contributed by atoms with Gasteiger partial charge in [-0.15, -0.1) is 0 Å². The SMILES string of the molecule is CCc1cccc(C(=O)O)c1OC.COc1ccc2c(c1)cc(C)n2C(=O)c1ccccc1Cl. The van der Waals surface area contributed by atoms with Crippen LogP contribution in [0.4, 0.5) is 0 Å². The zero-order valence-electron chi connectivity index (χ0n) is 19.5. The Morgan fingerprint density at radius 3 is 2.26 bits per heavy atom. The van der Waals surface area contributed by atoms with Gasteiger partial charge in [0.25, 0.3) is 5.91 Å². The molecule has 0 aliphatic carbocycles. The summed E-state index contributed by atoms with van der Waals surface area (Å²) in [5, 5.41) is 10.3. The van der Waals surface area contributed by atoms with Crippen LogP contribution in [0.2, 0.25) is 5.02 Å². The third kappa shape index (κ3) is 5.07. The summed E-state index contributed by atoms with van der Waals surface area (Å²) < 4.78 is 11.9. The monoisotopic (exact) mass is 479 g/mol. The van der Waals surface area contributed by atoms with Gasteiger partial charge in [-0.1, -0.05) is 42.8 Å². The van der Waals surface area contributed by atoms with Crippen molar-refractivity contribution in [1.29, 1.82) is 0 Å². The Labute approximate surface area is 203 Å². The quantitative estimate of drug-likeness (QED) is 0.365. The van der Waals surface area contributed by atoms with E-state index in [0.717, 1.165) is 34.3 Å². The van der Waals surface area contributed by atoms with E-state index in [0.29, 0.717) is 16.3 Å². The molecule has 0 saturated heterocycles. The molecule has 0 spiro atoms. The van der Waals surface area contributed by atoms with Crippen molar-refractivity contribution in [2.75, 3.05) is 14.2 Å². The molecular weight excluding hydrogens is 454 g/mol. The summed E-state index contributed by atoms with van der Waals surface area (Å²) in [7, 11) is 3.11. The van der Waals surface area contributed by atoms with Crippen LogP contribution in [-0.2, 0) is 6.42 Å². The summed E-state index contributed by atoms with van der Waals surface area (Å²) in [5.41, 5.74) is 3.35. The maximum atomic E-state index is 12.8. The molecule has 0 radical (unpaired) electrons. The van der Waals surface area contributed by atoms with E-state index in [4.69, 9.17) is 26.2 Å². The molecule has 0 fully saturated rings. The molecule has 0 unspecified atom stereocenters. The molecule has 7 heteroatoms. The zero-order valence-corrected chi connectivity index (χ0v) is 20.2. The zero-order chi connectivity index (χ0) is 24.8. The van der Waals surface area contributed by atoms with Gasteiger partial charge in [0, 0.05) is 11.1 Å². The number of hydrogen-bond donors (Lipinski definition) is 1. The minimum absolute atomic E-state index is 0.127. The van der Waals surface area contributed by atoms with E-state index in [1.165, 1.54) is 7.11 Å². The molecule has 1 N–H and O–H groups in total. The first kappa shape index (κ1) is 24.9. The largest absolute Gasteiger partial charge is 0.497 e. The lowest BCUT2D eigenvalue weighted by molar-refractivity contribution is 0.0692. The second kappa shape index (κ2) is 10.9. The fourth-order valence-corrected chi connectivity index (χ4v) is 3.97. The highest BCUT2D eigenvalue weighted by molar-refractivity contribution is 6.34. The number of rotatable bonds is 5. The molecule has 0 aliphatic rings. The van der Waals surface area contributed by atoms with E-state index >= 15 is 0 Å². The minimum atomic E-state index is -0.952. The number of nitrogens with zero attached hydrogens (tertiary/aromatic N) is 1. The number of fused-ring (bicyclic) bond motifs is 1.